The van der Waals surface area contributed by atoms with Crippen LogP contribution in [0.4, 0.5) is 5.82 Å². The molecule has 0 amide bonds. The molecule has 1 aliphatic rings. The van der Waals surface area contributed by atoms with Gasteiger partial charge < -0.3 is 5.43 Å². The van der Waals surface area contributed by atoms with E-state index in [1.165, 1.54) is 24.2 Å². The predicted octanol–water partition coefficient (Wildman–Crippen LogP) is 1.44. The normalized spacial score (nSPS) is 14.3. The Balaban J connectivity index is 2.17. The van der Waals surface area contributed by atoms with Gasteiger partial charge in [-0.05, 0) is 39.5 Å². The fourth-order valence-electron chi connectivity index (χ4n) is 2.64. The smallest absolute Gasteiger partial charge is 0.148 e. The highest BCUT2D eigenvalue weighted by Gasteiger charge is 2.19. The minimum atomic E-state index is 0.667. The number of nitrogens with one attached hydrogen (secondary N) is 1. The lowest BCUT2D eigenvalue weighted by Gasteiger charge is -2.16. The van der Waals surface area contributed by atoms with E-state index in [1.54, 1.807) is 0 Å². The van der Waals surface area contributed by atoms with Gasteiger partial charge in [-0.3, -0.25) is 4.57 Å². The number of nitrogen functional groups attached to an aromatic ring is 1. The van der Waals surface area contributed by atoms with Crippen molar-refractivity contribution in [1.29, 1.82) is 0 Å². The summed E-state index contributed by atoms with van der Waals surface area (Å²) < 4.78 is 2.08. The van der Waals surface area contributed by atoms with Crippen LogP contribution in [-0.4, -0.2) is 19.5 Å². The van der Waals surface area contributed by atoms with E-state index >= 15 is 0 Å². The average Bonchev–Trinajstić information content (AvgIpc) is 2.85. The number of aryl methyl sites for hydroxylation is 2. The van der Waals surface area contributed by atoms with Crippen LogP contribution in [0.15, 0.2) is 6.33 Å². The van der Waals surface area contributed by atoms with Gasteiger partial charge in [0, 0.05) is 11.3 Å². The quantitative estimate of drug-likeness (QED) is 0.629. The topological polar surface area (TPSA) is 81.6 Å². The maximum absolute atomic E-state index is 5.51. The van der Waals surface area contributed by atoms with Crippen LogP contribution in [0.1, 0.15) is 35.6 Å². The van der Waals surface area contributed by atoms with Crippen LogP contribution in [-0.2, 0) is 12.8 Å². The molecule has 0 fully saturated rings. The number of rotatable bonds is 2. The van der Waals surface area contributed by atoms with Crippen molar-refractivity contribution >= 4 is 5.82 Å². The Hall–Kier alpha value is -1.95. The van der Waals surface area contributed by atoms with Crippen LogP contribution in [0, 0.1) is 13.8 Å². The number of fused-ring (bicyclic) bond motifs is 1. The lowest BCUT2D eigenvalue weighted by Crippen LogP contribution is -2.15. The SMILES string of the molecule is Cc1nc(NN)c(C)c(-n2cnc3c2CCCC3)n1. The van der Waals surface area contributed by atoms with E-state index in [4.69, 9.17) is 5.84 Å². The third-order valence-corrected chi connectivity index (χ3v) is 3.63. The van der Waals surface area contributed by atoms with Crippen molar-refractivity contribution < 1.29 is 0 Å². The first kappa shape index (κ1) is 12.1. The predicted molar refractivity (Wildman–Crippen MR) is 73.1 cm³/mol. The Labute approximate surface area is 112 Å². The first-order valence-corrected chi connectivity index (χ1v) is 6.58. The zero-order valence-electron chi connectivity index (χ0n) is 11.3. The summed E-state index contributed by atoms with van der Waals surface area (Å²) in [7, 11) is 0. The third kappa shape index (κ3) is 1.98. The molecule has 0 radical (unpaired) electrons. The molecule has 0 saturated carbocycles. The maximum Gasteiger partial charge on any atom is 0.148 e. The molecule has 0 aliphatic heterocycles. The van der Waals surface area contributed by atoms with Crippen molar-refractivity contribution in [2.75, 3.05) is 5.43 Å². The third-order valence-electron chi connectivity index (χ3n) is 3.63. The standard InChI is InChI=1S/C13H18N6/c1-8-12(18-14)16-9(2)17-13(8)19-7-15-10-5-3-4-6-11(10)19/h7H,3-6,14H2,1-2H3,(H,16,17,18). The molecule has 0 atom stereocenters. The minimum Gasteiger partial charge on any atom is -0.308 e. The molecule has 2 aromatic rings. The van der Waals surface area contributed by atoms with Crippen LogP contribution in [0.25, 0.3) is 5.82 Å². The number of anilines is 1. The van der Waals surface area contributed by atoms with Gasteiger partial charge in [-0.25, -0.2) is 20.8 Å². The van der Waals surface area contributed by atoms with Crippen molar-refractivity contribution in [3.8, 4) is 5.82 Å². The molecule has 0 spiro atoms. The molecule has 3 rings (SSSR count). The number of hydrogen-bond donors (Lipinski definition) is 2. The molecule has 0 unspecified atom stereocenters. The van der Waals surface area contributed by atoms with Crippen molar-refractivity contribution in [3.05, 3.63) is 29.1 Å². The number of nitrogens with zero attached hydrogens (tertiary/aromatic N) is 4. The molecule has 6 heteroatoms. The molecule has 0 aromatic carbocycles. The summed E-state index contributed by atoms with van der Waals surface area (Å²) in [6.45, 7) is 3.84. The molecular weight excluding hydrogens is 240 g/mol. The summed E-state index contributed by atoms with van der Waals surface area (Å²) in [6, 6.07) is 0. The second-order valence-corrected chi connectivity index (χ2v) is 4.93. The Kier molecular flexibility index (Phi) is 2.94. The zero-order chi connectivity index (χ0) is 13.4. The average molecular weight is 258 g/mol. The van der Waals surface area contributed by atoms with E-state index in [-0.39, 0.29) is 0 Å². The zero-order valence-corrected chi connectivity index (χ0v) is 11.3. The minimum absolute atomic E-state index is 0.667. The van der Waals surface area contributed by atoms with Crippen molar-refractivity contribution in [2.45, 2.75) is 39.5 Å². The van der Waals surface area contributed by atoms with Gasteiger partial charge >= 0.3 is 0 Å². The van der Waals surface area contributed by atoms with Gasteiger partial charge in [-0.15, -0.1) is 0 Å². The second-order valence-electron chi connectivity index (χ2n) is 4.93. The van der Waals surface area contributed by atoms with Gasteiger partial charge in [0.05, 0.1) is 5.69 Å². The van der Waals surface area contributed by atoms with Gasteiger partial charge in [0.15, 0.2) is 0 Å². The van der Waals surface area contributed by atoms with Crippen LogP contribution in [0.2, 0.25) is 0 Å². The molecule has 0 saturated heterocycles. The second kappa shape index (κ2) is 4.62. The Morgan fingerprint density at radius 2 is 2.00 bits per heavy atom. The van der Waals surface area contributed by atoms with E-state index in [2.05, 4.69) is 24.9 Å². The van der Waals surface area contributed by atoms with Crippen molar-refractivity contribution in [2.24, 2.45) is 5.84 Å². The highest BCUT2D eigenvalue weighted by atomic mass is 15.3. The van der Waals surface area contributed by atoms with Crippen molar-refractivity contribution in [3.63, 3.8) is 0 Å². The Bertz CT molecular complexity index is 616. The number of nitrogens with two attached hydrogens (primary N) is 1. The summed E-state index contributed by atoms with van der Waals surface area (Å²) in [5.74, 6) is 7.75. The van der Waals surface area contributed by atoms with E-state index in [1.807, 2.05) is 20.2 Å². The number of hydrazine groups is 1. The largest absolute Gasteiger partial charge is 0.308 e. The fourth-order valence-corrected chi connectivity index (χ4v) is 2.64. The number of hydrogen-bond acceptors (Lipinski definition) is 5. The van der Waals surface area contributed by atoms with E-state index < -0.39 is 0 Å². The first-order chi connectivity index (χ1) is 9.20. The summed E-state index contributed by atoms with van der Waals surface area (Å²) in [5, 5.41) is 0. The van der Waals surface area contributed by atoms with Gasteiger partial charge in [0.2, 0.25) is 0 Å². The summed E-state index contributed by atoms with van der Waals surface area (Å²) in [5.41, 5.74) is 6.05. The molecule has 100 valence electrons. The van der Waals surface area contributed by atoms with E-state index in [9.17, 15) is 0 Å². The molecule has 3 N–H and O–H groups in total. The fraction of sp³-hybridized carbons (Fsp3) is 0.462. The molecule has 1 aliphatic carbocycles. The molecule has 2 heterocycles. The molecule has 2 aromatic heterocycles. The van der Waals surface area contributed by atoms with Crippen LogP contribution in [0.5, 0.6) is 0 Å². The lowest BCUT2D eigenvalue weighted by molar-refractivity contribution is 0.653. The van der Waals surface area contributed by atoms with Gasteiger partial charge in [-0.2, -0.15) is 0 Å². The Morgan fingerprint density at radius 1 is 1.21 bits per heavy atom. The number of imidazole rings is 1. The van der Waals surface area contributed by atoms with E-state index in [0.717, 1.165) is 24.2 Å². The summed E-state index contributed by atoms with van der Waals surface area (Å²) in [4.78, 5) is 13.4. The van der Waals surface area contributed by atoms with Crippen LogP contribution < -0.4 is 11.3 Å². The number of aromatic nitrogens is 4. The summed E-state index contributed by atoms with van der Waals surface area (Å²) in [6.07, 6.45) is 6.42. The lowest BCUT2D eigenvalue weighted by atomic mass is 10.0. The van der Waals surface area contributed by atoms with E-state index in [0.29, 0.717) is 11.6 Å². The highest BCUT2D eigenvalue weighted by molar-refractivity contribution is 5.51. The van der Waals surface area contributed by atoms with Gasteiger partial charge in [0.25, 0.3) is 0 Å². The first-order valence-electron chi connectivity index (χ1n) is 6.58. The monoisotopic (exact) mass is 258 g/mol. The molecule has 19 heavy (non-hydrogen) atoms. The van der Waals surface area contributed by atoms with Crippen LogP contribution >= 0.6 is 0 Å². The van der Waals surface area contributed by atoms with Gasteiger partial charge in [0.1, 0.15) is 23.8 Å². The molecular formula is C13H18N6. The Morgan fingerprint density at radius 3 is 2.79 bits per heavy atom. The molecule has 6 nitrogen and oxygen atoms in total. The summed E-state index contributed by atoms with van der Waals surface area (Å²) >= 11 is 0. The van der Waals surface area contributed by atoms with Crippen LogP contribution in [0.3, 0.4) is 0 Å². The molecule has 0 bridgehead atoms. The van der Waals surface area contributed by atoms with Gasteiger partial charge in [-0.1, -0.05) is 0 Å². The highest BCUT2D eigenvalue weighted by Crippen LogP contribution is 2.25. The van der Waals surface area contributed by atoms with Crippen molar-refractivity contribution in [1.82, 2.24) is 19.5 Å². The maximum atomic E-state index is 5.51.